The summed E-state index contributed by atoms with van der Waals surface area (Å²) in [5.41, 5.74) is 0. The molecule has 23 heavy (non-hydrogen) atoms. The summed E-state index contributed by atoms with van der Waals surface area (Å²) in [5, 5.41) is 0. The molecule has 0 rings (SSSR count). The molecule has 7 heteroatoms. The van der Waals surface area contributed by atoms with Gasteiger partial charge >= 0.3 is 0 Å². The summed E-state index contributed by atoms with van der Waals surface area (Å²) in [4.78, 5) is 0. The van der Waals surface area contributed by atoms with E-state index in [4.69, 9.17) is 14.0 Å². The minimum absolute atomic E-state index is 0.146. The molecule has 0 aliphatic carbocycles. The van der Waals surface area contributed by atoms with Crippen LogP contribution in [0.25, 0.3) is 0 Å². The number of likely N-dealkylation sites (N-methyl/N-ethyl adjacent to an activating group) is 1. The monoisotopic (exact) mass is 354 g/mol. The van der Waals surface area contributed by atoms with Crippen molar-refractivity contribution in [3.05, 3.63) is 0 Å². The number of quaternary nitrogens is 1. The predicted octanol–water partition coefficient (Wildman–Crippen LogP) is 2.34. The SMILES string of the molecule is CCCCC[N+](C)(CCCCS(=O)(=O)O)CCOCCOCC. The Morgan fingerprint density at radius 3 is 2.04 bits per heavy atom. The predicted molar refractivity (Wildman–Crippen MR) is 93.3 cm³/mol. The Labute approximate surface area is 142 Å². The summed E-state index contributed by atoms with van der Waals surface area (Å²) in [6.45, 7) is 9.71. The lowest BCUT2D eigenvalue weighted by molar-refractivity contribution is -0.910. The van der Waals surface area contributed by atoms with Crippen molar-refractivity contribution < 1.29 is 26.9 Å². The van der Waals surface area contributed by atoms with Crippen molar-refractivity contribution in [2.45, 2.75) is 46.0 Å². The molecule has 0 bridgehead atoms. The van der Waals surface area contributed by atoms with Crippen LogP contribution in [-0.4, -0.2) is 76.3 Å². The van der Waals surface area contributed by atoms with Crippen LogP contribution in [0.3, 0.4) is 0 Å². The maximum absolute atomic E-state index is 10.8. The van der Waals surface area contributed by atoms with Gasteiger partial charge in [0.05, 0.1) is 45.7 Å². The highest BCUT2D eigenvalue weighted by atomic mass is 32.2. The fourth-order valence-corrected chi connectivity index (χ4v) is 3.08. The van der Waals surface area contributed by atoms with Crippen molar-refractivity contribution >= 4 is 10.1 Å². The first-order chi connectivity index (χ1) is 10.8. The first-order valence-corrected chi connectivity index (χ1v) is 10.4. The van der Waals surface area contributed by atoms with Crippen molar-refractivity contribution in [1.82, 2.24) is 0 Å². The molecule has 0 aromatic rings. The second-order valence-corrected chi connectivity index (χ2v) is 7.87. The lowest BCUT2D eigenvalue weighted by atomic mass is 10.2. The first-order valence-electron chi connectivity index (χ1n) is 8.77. The molecular formula is C16H36NO5S+. The molecule has 0 heterocycles. The van der Waals surface area contributed by atoms with E-state index in [1.54, 1.807) is 0 Å². The minimum Gasteiger partial charge on any atom is -0.379 e. The second kappa shape index (κ2) is 13.1. The molecule has 0 aliphatic rings. The first kappa shape index (κ1) is 22.8. The van der Waals surface area contributed by atoms with Crippen LogP contribution in [0.4, 0.5) is 0 Å². The van der Waals surface area contributed by atoms with Crippen LogP contribution in [0.5, 0.6) is 0 Å². The Hall–Kier alpha value is -0.210. The van der Waals surface area contributed by atoms with Crippen LogP contribution < -0.4 is 0 Å². The Bertz CT molecular complexity index is 375. The van der Waals surface area contributed by atoms with Crippen molar-refractivity contribution in [2.75, 3.05) is 58.9 Å². The van der Waals surface area contributed by atoms with Gasteiger partial charge in [0, 0.05) is 6.61 Å². The number of hydrogen-bond donors (Lipinski definition) is 1. The van der Waals surface area contributed by atoms with Crippen LogP contribution in [0.15, 0.2) is 0 Å². The molecule has 1 unspecified atom stereocenters. The van der Waals surface area contributed by atoms with Gasteiger partial charge in [-0.25, -0.2) is 0 Å². The van der Waals surface area contributed by atoms with Gasteiger partial charge in [0.25, 0.3) is 10.1 Å². The Morgan fingerprint density at radius 1 is 0.870 bits per heavy atom. The van der Waals surface area contributed by atoms with Gasteiger partial charge in [-0.15, -0.1) is 0 Å². The van der Waals surface area contributed by atoms with Gasteiger partial charge in [-0.05, 0) is 32.6 Å². The van der Waals surface area contributed by atoms with Crippen LogP contribution in [0.2, 0.25) is 0 Å². The molecule has 0 aromatic carbocycles. The van der Waals surface area contributed by atoms with Gasteiger partial charge < -0.3 is 14.0 Å². The van der Waals surface area contributed by atoms with Gasteiger partial charge in [0.2, 0.25) is 0 Å². The fraction of sp³-hybridized carbons (Fsp3) is 1.00. The molecule has 1 atom stereocenters. The quantitative estimate of drug-likeness (QED) is 0.262. The summed E-state index contributed by atoms with van der Waals surface area (Å²) < 4.78 is 42.1. The van der Waals surface area contributed by atoms with Crippen LogP contribution in [-0.2, 0) is 19.6 Å². The summed E-state index contributed by atoms with van der Waals surface area (Å²) in [6.07, 6.45) is 4.87. The van der Waals surface area contributed by atoms with E-state index in [2.05, 4.69) is 14.0 Å². The van der Waals surface area contributed by atoms with E-state index >= 15 is 0 Å². The van der Waals surface area contributed by atoms with Crippen molar-refractivity contribution in [3.63, 3.8) is 0 Å². The minimum atomic E-state index is -3.84. The maximum atomic E-state index is 10.8. The van der Waals surface area contributed by atoms with E-state index in [1.807, 2.05) is 6.92 Å². The highest BCUT2D eigenvalue weighted by molar-refractivity contribution is 7.85. The number of ether oxygens (including phenoxy) is 2. The zero-order valence-electron chi connectivity index (χ0n) is 15.1. The lowest BCUT2D eigenvalue weighted by Crippen LogP contribution is -2.48. The van der Waals surface area contributed by atoms with Crippen LogP contribution >= 0.6 is 0 Å². The molecule has 0 aromatic heterocycles. The molecule has 6 nitrogen and oxygen atoms in total. The summed E-state index contributed by atoms with van der Waals surface area (Å²) in [7, 11) is -1.63. The molecule has 0 saturated carbocycles. The summed E-state index contributed by atoms with van der Waals surface area (Å²) >= 11 is 0. The molecule has 140 valence electrons. The maximum Gasteiger partial charge on any atom is 0.264 e. The van der Waals surface area contributed by atoms with Crippen molar-refractivity contribution in [3.8, 4) is 0 Å². The topological polar surface area (TPSA) is 72.8 Å². The highest BCUT2D eigenvalue weighted by Crippen LogP contribution is 2.10. The van der Waals surface area contributed by atoms with E-state index in [1.165, 1.54) is 19.3 Å². The smallest absolute Gasteiger partial charge is 0.264 e. The molecule has 0 radical (unpaired) electrons. The van der Waals surface area contributed by atoms with E-state index < -0.39 is 10.1 Å². The molecule has 0 saturated heterocycles. The second-order valence-electron chi connectivity index (χ2n) is 6.30. The average molecular weight is 355 g/mol. The van der Waals surface area contributed by atoms with Gasteiger partial charge in [-0.2, -0.15) is 8.42 Å². The molecular weight excluding hydrogens is 318 g/mol. The molecule has 0 spiro atoms. The van der Waals surface area contributed by atoms with E-state index in [9.17, 15) is 8.42 Å². The summed E-state index contributed by atoms with van der Waals surface area (Å²) in [5.74, 6) is -0.146. The van der Waals surface area contributed by atoms with E-state index in [-0.39, 0.29) is 5.75 Å². The third kappa shape index (κ3) is 15.1. The van der Waals surface area contributed by atoms with Gasteiger partial charge in [0.1, 0.15) is 6.54 Å². The van der Waals surface area contributed by atoms with Crippen molar-refractivity contribution in [1.29, 1.82) is 0 Å². The number of rotatable bonds is 16. The lowest BCUT2D eigenvalue weighted by Gasteiger charge is -2.34. The normalized spacial score (nSPS) is 14.8. The van der Waals surface area contributed by atoms with E-state index in [0.29, 0.717) is 32.8 Å². The van der Waals surface area contributed by atoms with Gasteiger partial charge in [-0.3, -0.25) is 4.55 Å². The molecule has 0 aliphatic heterocycles. The molecule has 1 N–H and O–H groups in total. The van der Waals surface area contributed by atoms with Crippen molar-refractivity contribution in [2.24, 2.45) is 0 Å². The fourth-order valence-electron chi connectivity index (χ4n) is 2.51. The Kier molecular flexibility index (Phi) is 13.0. The third-order valence-electron chi connectivity index (χ3n) is 4.00. The van der Waals surface area contributed by atoms with Crippen LogP contribution in [0.1, 0.15) is 46.0 Å². The molecule has 0 fully saturated rings. The van der Waals surface area contributed by atoms with Gasteiger partial charge in [0.15, 0.2) is 0 Å². The number of nitrogens with zero attached hydrogens (tertiary/aromatic N) is 1. The van der Waals surface area contributed by atoms with Crippen LogP contribution in [0, 0.1) is 0 Å². The zero-order chi connectivity index (χ0) is 17.6. The number of unbranched alkanes of at least 4 members (excludes halogenated alkanes) is 3. The highest BCUT2D eigenvalue weighted by Gasteiger charge is 2.20. The Balaban J connectivity index is 4.12. The Morgan fingerprint density at radius 2 is 1.48 bits per heavy atom. The standard InChI is InChI=1S/C16H35NO5S/c1-4-6-7-10-17(3,11-8-9-16-23(18,19)20)12-13-22-15-14-21-5-2/h4-16H2,1-3H3/p+1. The zero-order valence-corrected chi connectivity index (χ0v) is 15.9. The van der Waals surface area contributed by atoms with E-state index in [0.717, 1.165) is 30.5 Å². The summed E-state index contributed by atoms with van der Waals surface area (Å²) in [6, 6.07) is 0. The molecule has 0 amide bonds. The largest absolute Gasteiger partial charge is 0.379 e. The van der Waals surface area contributed by atoms with Gasteiger partial charge in [-0.1, -0.05) is 13.3 Å². The third-order valence-corrected chi connectivity index (χ3v) is 4.81. The number of hydrogen-bond acceptors (Lipinski definition) is 4. The average Bonchev–Trinajstić information content (AvgIpc) is 2.47.